The molecule has 1 aliphatic heterocycles. The number of hydrogen-bond acceptors (Lipinski definition) is 4. The number of anilines is 1. The Hall–Kier alpha value is -3.59. The van der Waals surface area contributed by atoms with Crippen LogP contribution in [0.3, 0.4) is 0 Å². The first-order valence-electron chi connectivity index (χ1n) is 10.9. The molecule has 2 heterocycles. The summed E-state index contributed by atoms with van der Waals surface area (Å²) in [5.74, 6) is -0.479. The molecule has 2 N–H and O–H groups in total. The van der Waals surface area contributed by atoms with E-state index in [0.29, 0.717) is 49.3 Å². The number of carbonyl (C=O) groups is 2. The summed E-state index contributed by atoms with van der Waals surface area (Å²) in [5, 5.41) is 5.71. The molecule has 0 unspecified atom stereocenters. The van der Waals surface area contributed by atoms with E-state index in [9.17, 15) is 22.8 Å². The van der Waals surface area contributed by atoms with Gasteiger partial charge in [-0.2, -0.15) is 13.2 Å². The maximum absolute atomic E-state index is 12.9. The number of amides is 2. The van der Waals surface area contributed by atoms with Crippen molar-refractivity contribution in [3.8, 4) is 0 Å². The van der Waals surface area contributed by atoms with E-state index in [1.54, 1.807) is 42.5 Å². The third kappa shape index (κ3) is 6.05. The van der Waals surface area contributed by atoms with E-state index in [1.165, 1.54) is 18.4 Å². The molecule has 6 nitrogen and oxygen atoms in total. The van der Waals surface area contributed by atoms with Crippen LogP contribution in [0, 0.1) is 0 Å². The molecule has 1 fully saturated rings. The summed E-state index contributed by atoms with van der Waals surface area (Å²) in [6, 6.07) is 15.1. The number of rotatable bonds is 6. The summed E-state index contributed by atoms with van der Waals surface area (Å²) < 4.78 is 43.9. The van der Waals surface area contributed by atoms with Gasteiger partial charge in [-0.25, -0.2) is 0 Å². The minimum atomic E-state index is -4.35. The molecule has 1 aliphatic rings. The van der Waals surface area contributed by atoms with Gasteiger partial charge in [0.05, 0.1) is 11.8 Å². The highest BCUT2D eigenvalue weighted by molar-refractivity contribution is 6.03. The average Bonchev–Trinajstić information content (AvgIpc) is 3.35. The van der Waals surface area contributed by atoms with Gasteiger partial charge in [0.2, 0.25) is 0 Å². The van der Waals surface area contributed by atoms with E-state index < -0.39 is 17.6 Å². The summed E-state index contributed by atoms with van der Waals surface area (Å²) in [7, 11) is 0. The fourth-order valence-electron chi connectivity index (χ4n) is 3.95. The zero-order valence-corrected chi connectivity index (χ0v) is 18.3. The van der Waals surface area contributed by atoms with Gasteiger partial charge in [0, 0.05) is 36.9 Å². The molecule has 0 aliphatic carbocycles. The SMILES string of the molecule is O=C(NC1CCN(Cc2cccc(C(F)(F)F)c2)CC1)c1cccc(NC(=O)c2ccco2)c1. The number of benzene rings is 2. The second-order valence-corrected chi connectivity index (χ2v) is 8.23. The maximum Gasteiger partial charge on any atom is 0.416 e. The number of piperidine rings is 1. The topological polar surface area (TPSA) is 74.6 Å². The lowest BCUT2D eigenvalue weighted by Crippen LogP contribution is -2.44. The van der Waals surface area contributed by atoms with Crippen LogP contribution < -0.4 is 10.6 Å². The van der Waals surface area contributed by atoms with Gasteiger partial charge in [-0.1, -0.05) is 24.3 Å². The number of furan rings is 1. The van der Waals surface area contributed by atoms with Crippen molar-refractivity contribution in [3.05, 3.63) is 89.4 Å². The van der Waals surface area contributed by atoms with Crippen molar-refractivity contribution in [2.75, 3.05) is 18.4 Å². The van der Waals surface area contributed by atoms with Gasteiger partial charge in [0.15, 0.2) is 5.76 Å². The molecule has 178 valence electrons. The Morgan fingerprint density at radius 3 is 2.44 bits per heavy atom. The van der Waals surface area contributed by atoms with Crippen LogP contribution in [-0.2, 0) is 12.7 Å². The molecule has 9 heteroatoms. The number of nitrogens with zero attached hydrogens (tertiary/aromatic N) is 1. The molecule has 1 aromatic heterocycles. The van der Waals surface area contributed by atoms with Gasteiger partial charge in [-0.05, 0) is 54.8 Å². The maximum atomic E-state index is 12.9. The van der Waals surface area contributed by atoms with Crippen LogP contribution in [0.4, 0.5) is 18.9 Å². The second kappa shape index (κ2) is 10.1. The highest BCUT2D eigenvalue weighted by Crippen LogP contribution is 2.30. The van der Waals surface area contributed by atoms with Gasteiger partial charge < -0.3 is 15.1 Å². The Morgan fingerprint density at radius 1 is 0.971 bits per heavy atom. The van der Waals surface area contributed by atoms with Crippen LogP contribution in [0.1, 0.15) is 44.9 Å². The number of carbonyl (C=O) groups excluding carboxylic acids is 2. The molecule has 0 spiro atoms. The smallest absolute Gasteiger partial charge is 0.416 e. The predicted molar refractivity (Wildman–Crippen MR) is 120 cm³/mol. The lowest BCUT2D eigenvalue weighted by atomic mass is 10.0. The van der Waals surface area contributed by atoms with Crippen molar-refractivity contribution < 1.29 is 27.2 Å². The Balaban J connectivity index is 1.28. The first kappa shape index (κ1) is 23.6. The molecule has 2 aromatic carbocycles. The second-order valence-electron chi connectivity index (χ2n) is 8.23. The Kier molecular flexibility index (Phi) is 7.02. The number of likely N-dealkylation sites (tertiary alicyclic amines) is 1. The van der Waals surface area contributed by atoms with Crippen LogP contribution in [0.5, 0.6) is 0 Å². The first-order chi connectivity index (χ1) is 16.3. The molecule has 0 radical (unpaired) electrons. The number of alkyl halides is 3. The highest BCUT2D eigenvalue weighted by atomic mass is 19.4. The van der Waals surface area contributed by atoms with E-state index in [1.807, 2.05) is 0 Å². The van der Waals surface area contributed by atoms with E-state index in [0.717, 1.165) is 6.07 Å². The molecule has 0 saturated carbocycles. The first-order valence-corrected chi connectivity index (χ1v) is 10.9. The fraction of sp³-hybridized carbons (Fsp3) is 0.280. The van der Waals surface area contributed by atoms with Crippen LogP contribution >= 0.6 is 0 Å². The Bertz CT molecular complexity index is 1140. The number of nitrogens with one attached hydrogen (secondary N) is 2. The minimum absolute atomic E-state index is 0.0355. The van der Waals surface area contributed by atoms with Crippen molar-refractivity contribution in [2.24, 2.45) is 0 Å². The predicted octanol–water partition coefficient (Wildman–Crippen LogP) is 4.95. The molecule has 3 aromatic rings. The van der Waals surface area contributed by atoms with Gasteiger partial charge >= 0.3 is 6.18 Å². The third-order valence-electron chi connectivity index (χ3n) is 5.71. The molecule has 0 atom stereocenters. The monoisotopic (exact) mass is 471 g/mol. The average molecular weight is 471 g/mol. The zero-order valence-electron chi connectivity index (χ0n) is 18.3. The van der Waals surface area contributed by atoms with E-state index in [2.05, 4.69) is 15.5 Å². The van der Waals surface area contributed by atoms with Gasteiger partial charge in [-0.15, -0.1) is 0 Å². The van der Waals surface area contributed by atoms with Crippen LogP contribution in [-0.4, -0.2) is 35.8 Å². The largest absolute Gasteiger partial charge is 0.459 e. The van der Waals surface area contributed by atoms with Crippen molar-refractivity contribution in [1.82, 2.24) is 10.2 Å². The zero-order chi connectivity index (χ0) is 24.1. The molecular formula is C25H24F3N3O3. The van der Waals surface area contributed by atoms with Gasteiger partial charge in [-0.3, -0.25) is 14.5 Å². The summed E-state index contributed by atoms with van der Waals surface area (Å²) in [4.78, 5) is 26.9. The summed E-state index contributed by atoms with van der Waals surface area (Å²) in [6.45, 7) is 1.77. The van der Waals surface area contributed by atoms with E-state index in [-0.39, 0.29) is 17.7 Å². The molecular weight excluding hydrogens is 447 g/mol. The Morgan fingerprint density at radius 2 is 1.74 bits per heavy atom. The minimum Gasteiger partial charge on any atom is -0.459 e. The van der Waals surface area contributed by atoms with E-state index in [4.69, 9.17) is 4.42 Å². The summed E-state index contributed by atoms with van der Waals surface area (Å²) in [5.41, 5.74) is 0.869. The third-order valence-corrected chi connectivity index (χ3v) is 5.71. The Labute approximate surface area is 194 Å². The summed E-state index contributed by atoms with van der Waals surface area (Å²) in [6.07, 6.45) is -1.56. The summed E-state index contributed by atoms with van der Waals surface area (Å²) >= 11 is 0. The van der Waals surface area contributed by atoms with Gasteiger partial charge in [0.1, 0.15) is 0 Å². The van der Waals surface area contributed by atoms with Crippen LogP contribution in [0.15, 0.2) is 71.3 Å². The van der Waals surface area contributed by atoms with Crippen molar-refractivity contribution in [1.29, 1.82) is 0 Å². The van der Waals surface area contributed by atoms with Crippen LogP contribution in [0.2, 0.25) is 0 Å². The molecule has 4 rings (SSSR count). The number of hydrogen-bond donors (Lipinski definition) is 2. The fourth-order valence-corrected chi connectivity index (χ4v) is 3.95. The standard InChI is InChI=1S/C25H24F3N3O3/c26-25(27,28)19-6-1-4-17(14-19)16-31-11-9-20(10-12-31)29-23(32)18-5-2-7-21(15-18)30-24(33)22-8-3-13-34-22/h1-8,13-15,20H,9-12,16H2,(H,29,32)(H,30,33). The molecule has 34 heavy (non-hydrogen) atoms. The van der Waals surface area contributed by atoms with Gasteiger partial charge in [0.25, 0.3) is 11.8 Å². The normalized spacial score (nSPS) is 15.1. The van der Waals surface area contributed by atoms with Crippen molar-refractivity contribution in [2.45, 2.75) is 31.6 Å². The highest BCUT2D eigenvalue weighted by Gasteiger charge is 2.30. The number of halogens is 3. The lowest BCUT2D eigenvalue weighted by Gasteiger charge is -2.32. The molecule has 2 amide bonds. The molecule has 0 bridgehead atoms. The van der Waals surface area contributed by atoms with Crippen LogP contribution in [0.25, 0.3) is 0 Å². The van der Waals surface area contributed by atoms with Crippen molar-refractivity contribution >= 4 is 17.5 Å². The van der Waals surface area contributed by atoms with Crippen molar-refractivity contribution in [3.63, 3.8) is 0 Å². The van der Waals surface area contributed by atoms with E-state index >= 15 is 0 Å². The molecule has 1 saturated heterocycles. The lowest BCUT2D eigenvalue weighted by molar-refractivity contribution is -0.137. The quantitative estimate of drug-likeness (QED) is 0.534.